The lowest BCUT2D eigenvalue weighted by molar-refractivity contribution is 0.286. The van der Waals surface area contributed by atoms with Crippen molar-refractivity contribution < 1.29 is 4.43 Å². The van der Waals surface area contributed by atoms with Gasteiger partial charge in [-0.3, -0.25) is 4.98 Å². The number of hydrogen-bond acceptors (Lipinski definition) is 2. The number of rotatable bonds is 6. The minimum Gasteiger partial charge on any atom is -0.403 e. The minimum absolute atomic E-state index is 0.0444. The van der Waals surface area contributed by atoms with E-state index in [1.54, 1.807) is 0 Å². The van der Waals surface area contributed by atoms with Gasteiger partial charge in [-0.2, -0.15) is 0 Å². The second-order valence-electron chi connectivity index (χ2n) is 10.2. The summed E-state index contributed by atoms with van der Waals surface area (Å²) in [5.74, 6) is 0. The normalized spacial score (nSPS) is 12.2. The third kappa shape index (κ3) is 4.24. The van der Waals surface area contributed by atoms with E-state index in [0.717, 1.165) is 16.8 Å². The maximum Gasteiger partial charge on any atom is 0.261 e. The summed E-state index contributed by atoms with van der Waals surface area (Å²) in [6.45, 7) is 9.70. The molecule has 0 aliphatic heterocycles. The Bertz CT molecular complexity index is 1380. The second kappa shape index (κ2) is 9.29. The maximum atomic E-state index is 7.15. The van der Waals surface area contributed by atoms with Gasteiger partial charge in [-0.05, 0) is 57.7 Å². The SMILES string of the molecule is Cc1c(-c2cccnc2)[nH]c2ccc(CO[Si](c3ccccc3)(c3ccccc3)C(C)(C)C)cc12. The molecule has 35 heavy (non-hydrogen) atoms. The van der Waals surface area contributed by atoms with Crippen LogP contribution in [-0.4, -0.2) is 18.3 Å². The summed E-state index contributed by atoms with van der Waals surface area (Å²) in [6, 6.07) is 32.3. The topological polar surface area (TPSA) is 37.9 Å². The lowest BCUT2D eigenvalue weighted by Crippen LogP contribution is -2.66. The van der Waals surface area contributed by atoms with E-state index >= 15 is 0 Å². The standard InChI is InChI=1S/C31H32N2OSi/c1-23-28-20-24(17-18-29(28)33-30(23)25-12-11-19-32-21-25)22-34-35(31(2,3)4,26-13-7-5-8-14-26)27-15-9-6-10-16-27/h5-21,33H,22H2,1-4H3. The van der Waals surface area contributed by atoms with Crippen LogP contribution in [0.5, 0.6) is 0 Å². The van der Waals surface area contributed by atoms with Crippen LogP contribution in [0.3, 0.4) is 0 Å². The molecule has 0 fully saturated rings. The Morgan fingerprint density at radius 1 is 0.829 bits per heavy atom. The molecule has 3 nitrogen and oxygen atoms in total. The van der Waals surface area contributed by atoms with E-state index < -0.39 is 8.32 Å². The molecule has 0 radical (unpaired) electrons. The van der Waals surface area contributed by atoms with Crippen molar-refractivity contribution in [1.82, 2.24) is 9.97 Å². The number of nitrogens with zero attached hydrogens (tertiary/aromatic N) is 1. The summed E-state index contributed by atoms with van der Waals surface area (Å²) in [4.78, 5) is 7.88. The number of pyridine rings is 1. The summed E-state index contributed by atoms with van der Waals surface area (Å²) >= 11 is 0. The van der Waals surface area contributed by atoms with Crippen molar-refractivity contribution in [2.24, 2.45) is 0 Å². The largest absolute Gasteiger partial charge is 0.403 e. The van der Waals surface area contributed by atoms with Crippen molar-refractivity contribution in [3.8, 4) is 11.3 Å². The smallest absolute Gasteiger partial charge is 0.261 e. The second-order valence-corrected chi connectivity index (χ2v) is 14.5. The Morgan fingerprint density at radius 2 is 1.49 bits per heavy atom. The number of nitrogens with one attached hydrogen (secondary N) is 1. The van der Waals surface area contributed by atoms with Gasteiger partial charge in [0.1, 0.15) is 0 Å². The molecular weight excluding hydrogens is 444 g/mol. The van der Waals surface area contributed by atoms with Crippen molar-refractivity contribution in [2.45, 2.75) is 39.3 Å². The molecule has 1 N–H and O–H groups in total. The molecule has 0 saturated heterocycles. The number of fused-ring (bicyclic) bond motifs is 1. The van der Waals surface area contributed by atoms with Crippen LogP contribution in [0.15, 0.2) is 103 Å². The van der Waals surface area contributed by atoms with E-state index in [-0.39, 0.29) is 5.04 Å². The van der Waals surface area contributed by atoms with Gasteiger partial charge in [0.05, 0.1) is 12.3 Å². The monoisotopic (exact) mass is 476 g/mol. The Balaban J connectivity index is 1.55. The first-order valence-corrected chi connectivity index (χ1v) is 14.1. The Kier molecular flexibility index (Phi) is 6.18. The molecule has 2 aromatic heterocycles. The van der Waals surface area contributed by atoms with E-state index in [1.807, 2.05) is 18.5 Å². The van der Waals surface area contributed by atoms with Gasteiger partial charge in [0.25, 0.3) is 8.32 Å². The average molecular weight is 477 g/mol. The number of hydrogen-bond donors (Lipinski definition) is 1. The predicted molar refractivity (Wildman–Crippen MR) is 149 cm³/mol. The molecule has 5 aromatic rings. The molecule has 176 valence electrons. The fourth-order valence-electron chi connectivity index (χ4n) is 5.22. The van der Waals surface area contributed by atoms with E-state index in [9.17, 15) is 0 Å². The number of benzene rings is 3. The lowest BCUT2D eigenvalue weighted by atomic mass is 10.1. The van der Waals surface area contributed by atoms with Crippen LogP contribution in [-0.2, 0) is 11.0 Å². The maximum absolute atomic E-state index is 7.15. The van der Waals surface area contributed by atoms with Gasteiger partial charge in [0, 0.05) is 28.9 Å². The van der Waals surface area contributed by atoms with Crippen molar-refractivity contribution in [3.05, 3.63) is 115 Å². The van der Waals surface area contributed by atoms with Crippen LogP contribution in [0.4, 0.5) is 0 Å². The van der Waals surface area contributed by atoms with Gasteiger partial charge >= 0.3 is 0 Å². The quantitative estimate of drug-likeness (QED) is 0.280. The summed E-state index contributed by atoms with van der Waals surface area (Å²) < 4.78 is 7.15. The molecule has 4 heteroatoms. The minimum atomic E-state index is -2.58. The third-order valence-corrected chi connectivity index (χ3v) is 11.9. The first-order chi connectivity index (χ1) is 16.9. The van der Waals surface area contributed by atoms with Gasteiger partial charge in [0.2, 0.25) is 0 Å². The summed E-state index contributed by atoms with van der Waals surface area (Å²) in [7, 11) is -2.58. The Hall–Kier alpha value is -3.47. The predicted octanol–water partition coefficient (Wildman–Crippen LogP) is 6.61. The van der Waals surface area contributed by atoms with Crippen LogP contribution in [0.1, 0.15) is 31.9 Å². The first-order valence-electron chi connectivity index (χ1n) is 12.2. The molecule has 2 heterocycles. The average Bonchev–Trinajstić information content (AvgIpc) is 3.21. The number of aromatic nitrogens is 2. The third-order valence-electron chi connectivity index (χ3n) is 6.95. The van der Waals surface area contributed by atoms with Gasteiger partial charge in [-0.15, -0.1) is 0 Å². The fourth-order valence-corrected chi connectivity index (χ4v) is 9.75. The first kappa shape index (κ1) is 23.3. The van der Waals surface area contributed by atoms with Crippen molar-refractivity contribution in [2.75, 3.05) is 0 Å². The highest BCUT2D eigenvalue weighted by Gasteiger charge is 2.50. The van der Waals surface area contributed by atoms with Crippen molar-refractivity contribution in [3.63, 3.8) is 0 Å². The summed E-state index contributed by atoms with van der Waals surface area (Å²) in [5.41, 5.74) is 5.78. The highest BCUT2D eigenvalue weighted by atomic mass is 28.4. The lowest BCUT2D eigenvalue weighted by Gasteiger charge is -2.43. The van der Waals surface area contributed by atoms with E-state index in [2.05, 4.69) is 123 Å². The molecule has 5 rings (SSSR count). The van der Waals surface area contributed by atoms with Crippen LogP contribution >= 0.6 is 0 Å². The summed E-state index contributed by atoms with van der Waals surface area (Å²) in [5, 5.41) is 3.79. The van der Waals surface area contributed by atoms with Crippen molar-refractivity contribution >= 4 is 29.6 Å². The van der Waals surface area contributed by atoms with E-state index in [0.29, 0.717) is 6.61 Å². The van der Waals surface area contributed by atoms with E-state index in [1.165, 1.54) is 26.9 Å². The number of H-pyrrole nitrogens is 1. The molecule has 0 aliphatic carbocycles. The van der Waals surface area contributed by atoms with Gasteiger partial charge in [-0.1, -0.05) is 87.5 Å². The highest BCUT2D eigenvalue weighted by molar-refractivity contribution is 6.99. The van der Waals surface area contributed by atoms with E-state index in [4.69, 9.17) is 4.43 Å². The highest BCUT2D eigenvalue weighted by Crippen LogP contribution is 2.37. The molecule has 0 atom stereocenters. The summed E-state index contributed by atoms with van der Waals surface area (Å²) in [6.07, 6.45) is 3.71. The number of aryl methyl sites for hydroxylation is 1. The molecule has 0 saturated carbocycles. The van der Waals surface area contributed by atoms with Gasteiger partial charge < -0.3 is 9.41 Å². The number of aromatic amines is 1. The van der Waals surface area contributed by atoms with Crippen LogP contribution in [0.25, 0.3) is 22.2 Å². The van der Waals surface area contributed by atoms with Crippen LogP contribution in [0.2, 0.25) is 5.04 Å². The molecule has 0 amide bonds. The van der Waals surface area contributed by atoms with Crippen LogP contribution < -0.4 is 10.4 Å². The van der Waals surface area contributed by atoms with Crippen molar-refractivity contribution in [1.29, 1.82) is 0 Å². The zero-order valence-electron chi connectivity index (χ0n) is 20.9. The molecule has 0 unspecified atom stereocenters. The molecule has 0 aliphatic rings. The molecular formula is C31H32N2OSi. The van der Waals surface area contributed by atoms with Crippen LogP contribution in [0, 0.1) is 6.92 Å². The Labute approximate surface area is 209 Å². The fraction of sp³-hybridized carbons (Fsp3) is 0.194. The molecule has 3 aromatic carbocycles. The van der Waals surface area contributed by atoms with Gasteiger partial charge in [0.15, 0.2) is 0 Å². The van der Waals surface area contributed by atoms with Gasteiger partial charge in [-0.25, -0.2) is 0 Å². The molecule has 0 bridgehead atoms. The Morgan fingerprint density at radius 3 is 2.06 bits per heavy atom. The molecule has 0 spiro atoms. The zero-order valence-corrected chi connectivity index (χ0v) is 21.9. The zero-order chi connectivity index (χ0) is 24.5.